The second-order valence-electron chi connectivity index (χ2n) is 2.71. The maximum atomic E-state index is 11.4. The fraction of sp³-hybridized carbons (Fsp3) is 0.556. The highest BCUT2D eigenvalue weighted by Crippen LogP contribution is 2.08. The van der Waals surface area contributed by atoms with Gasteiger partial charge in [-0.2, -0.15) is 5.10 Å². The third-order valence-electron chi connectivity index (χ3n) is 1.79. The van der Waals surface area contributed by atoms with Crippen LogP contribution in [0.2, 0.25) is 0 Å². The predicted molar refractivity (Wildman–Crippen MR) is 53.4 cm³/mol. The third-order valence-corrected chi connectivity index (χ3v) is 2.02. The second kappa shape index (κ2) is 5.00. The zero-order chi connectivity index (χ0) is 10.6. The highest BCUT2D eigenvalue weighted by Gasteiger charge is 2.14. The van der Waals surface area contributed by atoms with Crippen molar-refractivity contribution in [2.45, 2.75) is 26.3 Å². The monoisotopic (exact) mass is 216 g/mol. The van der Waals surface area contributed by atoms with Crippen LogP contribution in [0.1, 0.15) is 30.0 Å². The lowest BCUT2D eigenvalue weighted by atomic mass is 10.3. The van der Waals surface area contributed by atoms with Gasteiger partial charge in [0.05, 0.1) is 12.3 Å². The maximum Gasteiger partial charge on any atom is 0.356 e. The number of aryl methyl sites for hydroxylation is 1. The first kappa shape index (κ1) is 11.0. The zero-order valence-corrected chi connectivity index (χ0v) is 9.04. The molecule has 0 aliphatic heterocycles. The van der Waals surface area contributed by atoms with E-state index < -0.39 is 0 Å². The number of ether oxygens (including phenoxy) is 1. The van der Waals surface area contributed by atoms with Crippen LogP contribution in [0.4, 0.5) is 0 Å². The molecule has 0 atom stereocenters. The summed E-state index contributed by atoms with van der Waals surface area (Å²) in [6.07, 6.45) is 0.774. The molecule has 0 aliphatic carbocycles. The van der Waals surface area contributed by atoms with E-state index in [4.69, 9.17) is 16.3 Å². The molecule has 0 spiro atoms. The van der Waals surface area contributed by atoms with Gasteiger partial charge in [-0.05, 0) is 19.4 Å². The average molecular weight is 217 g/mol. The van der Waals surface area contributed by atoms with E-state index in [1.165, 1.54) is 4.68 Å². The number of alkyl halides is 1. The van der Waals surface area contributed by atoms with Crippen LogP contribution in [0.3, 0.4) is 0 Å². The molecular weight excluding hydrogens is 204 g/mol. The van der Waals surface area contributed by atoms with Crippen LogP contribution in [0.5, 0.6) is 0 Å². The van der Waals surface area contributed by atoms with Crippen molar-refractivity contribution in [3.63, 3.8) is 0 Å². The Morgan fingerprint density at radius 2 is 2.36 bits per heavy atom. The molecule has 0 saturated heterocycles. The molecule has 0 bridgehead atoms. The minimum absolute atomic E-state index is 0.161. The van der Waals surface area contributed by atoms with Crippen molar-refractivity contribution < 1.29 is 9.53 Å². The molecule has 1 rings (SSSR count). The Balaban J connectivity index is 2.93. The number of aromatic nitrogens is 2. The number of nitrogens with zero attached hydrogens (tertiary/aromatic N) is 2. The van der Waals surface area contributed by atoms with Crippen LogP contribution < -0.4 is 0 Å². The van der Waals surface area contributed by atoms with Gasteiger partial charge in [0.2, 0.25) is 0 Å². The third kappa shape index (κ3) is 2.26. The number of rotatable bonds is 4. The van der Waals surface area contributed by atoms with Crippen LogP contribution in [-0.2, 0) is 17.2 Å². The summed E-state index contributed by atoms with van der Waals surface area (Å²) in [5, 5.41) is 4.13. The second-order valence-corrected chi connectivity index (χ2v) is 2.95. The molecule has 0 aromatic carbocycles. The van der Waals surface area contributed by atoms with Crippen molar-refractivity contribution in [3.8, 4) is 0 Å². The zero-order valence-electron chi connectivity index (χ0n) is 8.29. The molecular formula is C9H13ClN2O2. The first-order valence-corrected chi connectivity index (χ1v) is 5.06. The summed E-state index contributed by atoms with van der Waals surface area (Å²) in [7, 11) is 0. The lowest BCUT2D eigenvalue weighted by molar-refractivity contribution is 0.0513. The van der Waals surface area contributed by atoms with Crippen LogP contribution in [-0.4, -0.2) is 22.4 Å². The number of hydrogen-bond donors (Lipinski definition) is 0. The van der Waals surface area contributed by atoms with Crippen molar-refractivity contribution in [3.05, 3.63) is 17.5 Å². The van der Waals surface area contributed by atoms with Gasteiger partial charge in [-0.3, -0.25) is 0 Å². The predicted octanol–water partition coefficient (Wildman–Crippen LogP) is 1.82. The Morgan fingerprint density at radius 1 is 1.64 bits per heavy atom. The van der Waals surface area contributed by atoms with Crippen molar-refractivity contribution in [2.75, 3.05) is 6.61 Å². The number of esters is 1. The summed E-state index contributed by atoms with van der Waals surface area (Å²) in [5.41, 5.74) is 1.26. The van der Waals surface area contributed by atoms with Gasteiger partial charge in [0, 0.05) is 0 Å². The van der Waals surface area contributed by atoms with E-state index in [1.54, 1.807) is 13.0 Å². The van der Waals surface area contributed by atoms with Gasteiger partial charge in [0.25, 0.3) is 0 Å². The van der Waals surface area contributed by atoms with Gasteiger partial charge in [-0.1, -0.05) is 6.92 Å². The molecule has 14 heavy (non-hydrogen) atoms. The normalized spacial score (nSPS) is 10.2. The Labute approximate surface area is 87.8 Å². The lowest BCUT2D eigenvalue weighted by Gasteiger charge is -2.02. The number of carbonyl (C=O) groups excluding carboxylic acids is 1. The van der Waals surface area contributed by atoms with Gasteiger partial charge < -0.3 is 4.74 Å². The standard InChI is InChI=1S/C9H13ClN2O2/c1-3-7-5-8(9(13)14-4-2)12(6-10)11-7/h5H,3-4,6H2,1-2H3. The summed E-state index contributed by atoms with van der Waals surface area (Å²) in [4.78, 5) is 11.4. The minimum Gasteiger partial charge on any atom is -0.461 e. The first-order chi connectivity index (χ1) is 6.72. The summed E-state index contributed by atoms with van der Waals surface area (Å²) in [6, 6.07) is 1.87. The van der Waals surface area contributed by atoms with E-state index in [9.17, 15) is 4.79 Å². The Kier molecular flexibility index (Phi) is 3.95. The van der Waals surface area contributed by atoms with E-state index in [0.717, 1.165) is 12.1 Å². The van der Waals surface area contributed by atoms with Gasteiger partial charge in [-0.25, -0.2) is 9.48 Å². The van der Waals surface area contributed by atoms with E-state index in [0.29, 0.717) is 12.3 Å². The van der Waals surface area contributed by atoms with Crippen molar-refractivity contribution >= 4 is 17.6 Å². The van der Waals surface area contributed by atoms with Crippen LogP contribution in [0, 0.1) is 0 Å². The van der Waals surface area contributed by atoms with E-state index in [-0.39, 0.29) is 12.0 Å². The van der Waals surface area contributed by atoms with Crippen LogP contribution >= 0.6 is 11.6 Å². The fourth-order valence-electron chi connectivity index (χ4n) is 1.10. The highest BCUT2D eigenvalue weighted by molar-refractivity contribution is 6.15. The molecule has 5 heteroatoms. The smallest absolute Gasteiger partial charge is 0.356 e. The number of carbonyl (C=O) groups is 1. The van der Waals surface area contributed by atoms with Gasteiger partial charge in [-0.15, -0.1) is 11.6 Å². The van der Waals surface area contributed by atoms with Gasteiger partial charge >= 0.3 is 5.97 Å². The van der Waals surface area contributed by atoms with Crippen molar-refractivity contribution in [1.29, 1.82) is 0 Å². The molecule has 1 aromatic heterocycles. The molecule has 0 radical (unpaired) electrons. The van der Waals surface area contributed by atoms with E-state index in [1.807, 2.05) is 6.92 Å². The molecule has 1 heterocycles. The van der Waals surface area contributed by atoms with E-state index >= 15 is 0 Å². The van der Waals surface area contributed by atoms with Crippen LogP contribution in [0.25, 0.3) is 0 Å². The van der Waals surface area contributed by atoms with Crippen molar-refractivity contribution in [1.82, 2.24) is 9.78 Å². The summed E-state index contributed by atoms with van der Waals surface area (Å²) >= 11 is 5.64. The van der Waals surface area contributed by atoms with Gasteiger partial charge in [0.15, 0.2) is 0 Å². The summed E-state index contributed by atoms with van der Waals surface area (Å²) in [6.45, 7) is 4.09. The molecule has 0 aliphatic rings. The topological polar surface area (TPSA) is 44.1 Å². The molecule has 78 valence electrons. The highest BCUT2D eigenvalue weighted by atomic mass is 35.5. The average Bonchev–Trinajstić information content (AvgIpc) is 2.61. The molecule has 1 aromatic rings. The number of halogens is 1. The lowest BCUT2D eigenvalue weighted by Crippen LogP contribution is -2.11. The Bertz CT molecular complexity index is 323. The largest absolute Gasteiger partial charge is 0.461 e. The molecule has 4 nitrogen and oxygen atoms in total. The summed E-state index contributed by atoms with van der Waals surface area (Å²) in [5.74, 6) is -0.375. The molecule has 0 fully saturated rings. The first-order valence-electron chi connectivity index (χ1n) is 4.52. The van der Waals surface area contributed by atoms with Crippen LogP contribution in [0.15, 0.2) is 6.07 Å². The summed E-state index contributed by atoms with van der Waals surface area (Å²) < 4.78 is 6.31. The fourth-order valence-corrected chi connectivity index (χ4v) is 1.29. The molecule has 0 unspecified atom stereocenters. The molecule has 0 saturated carbocycles. The Hall–Kier alpha value is -1.03. The number of hydrogen-bond acceptors (Lipinski definition) is 3. The van der Waals surface area contributed by atoms with E-state index in [2.05, 4.69) is 5.10 Å². The minimum atomic E-state index is -0.375. The van der Waals surface area contributed by atoms with Gasteiger partial charge in [0.1, 0.15) is 11.7 Å². The SMILES string of the molecule is CCOC(=O)c1cc(CC)nn1CCl. The quantitative estimate of drug-likeness (QED) is 0.570. The maximum absolute atomic E-state index is 11.4. The Morgan fingerprint density at radius 3 is 2.86 bits per heavy atom. The van der Waals surface area contributed by atoms with Crippen molar-refractivity contribution in [2.24, 2.45) is 0 Å². The molecule has 0 amide bonds. The molecule has 0 N–H and O–H groups in total.